The number of hydrogen-bond acceptors (Lipinski definition) is 2. The Bertz CT molecular complexity index is 402. The minimum Gasteiger partial charge on any atom is -0.310 e. The quantitative estimate of drug-likeness (QED) is 0.791. The zero-order valence-corrected chi connectivity index (χ0v) is 13.4. The van der Waals surface area contributed by atoms with Crippen molar-refractivity contribution in [2.75, 3.05) is 0 Å². The first-order valence-corrected chi connectivity index (χ1v) is 9.20. The van der Waals surface area contributed by atoms with E-state index in [1.165, 1.54) is 55.4 Å². The molecule has 2 heteroatoms. The van der Waals surface area contributed by atoms with E-state index in [2.05, 4.69) is 48.3 Å². The van der Waals surface area contributed by atoms with Crippen molar-refractivity contribution >= 4 is 11.8 Å². The highest BCUT2D eigenvalue weighted by atomic mass is 32.2. The molecule has 0 aliphatic heterocycles. The zero-order chi connectivity index (χ0) is 13.8. The van der Waals surface area contributed by atoms with E-state index in [0.717, 1.165) is 23.8 Å². The van der Waals surface area contributed by atoms with Crippen LogP contribution in [0.1, 0.15) is 57.4 Å². The van der Waals surface area contributed by atoms with Crippen LogP contribution in [0.25, 0.3) is 0 Å². The van der Waals surface area contributed by atoms with Crippen molar-refractivity contribution in [2.45, 2.75) is 74.6 Å². The summed E-state index contributed by atoms with van der Waals surface area (Å²) in [5, 5.41) is 4.43. The molecule has 0 heterocycles. The zero-order valence-electron chi connectivity index (χ0n) is 12.6. The molecule has 2 fully saturated rings. The molecule has 0 bridgehead atoms. The molecular formula is C18H27NS. The van der Waals surface area contributed by atoms with Crippen molar-refractivity contribution in [3.8, 4) is 0 Å². The van der Waals surface area contributed by atoms with Gasteiger partial charge in [0.05, 0.1) is 0 Å². The van der Waals surface area contributed by atoms with E-state index in [4.69, 9.17) is 0 Å². The van der Waals surface area contributed by atoms with Gasteiger partial charge in [0.1, 0.15) is 0 Å². The van der Waals surface area contributed by atoms with Gasteiger partial charge in [-0.1, -0.05) is 25.5 Å². The van der Waals surface area contributed by atoms with Crippen molar-refractivity contribution in [3.05, 3.63) is 29.8 Å². The molecule has 0 amide bonds. The maximum atomic E-state index is 3.58. The fourth-order valence-electron chi connectivity index (χ4n) is 3.09. The molecule has 2 saturated carbocycles. The average Bonchev–Trinajstić information content (AvgIpc) is 3.32. The smallest absolute Gasteiger partial charge is 0.0208 e. The molecular weight excluding hydrogens is 262 g/mol. The summed E-state index contributed by atoms with van der Waals surface area (Å²) in [5.74, 6) is 1.00. The molecule has 1 aromatic carbocycles. The van der Waals surface area contributed by atoms with Crippen LogP contribution in [0.4, 0.5) is 0 Å². The first-order chi connectivity index (χ1) is 9.83. The minimum atomic E-state index is 0.804. The van der Waals surface area contributed by atoms with E-state index < -0.39 is 0 Å². The number of hydrogen-bond donors (Lipinski definition) is 1. The van der Waals surface area contributed by atoms with E-state index >= 15 is 0 Å². The second-order valence-corrected chi connectivity index (χ2v) is 7.84. The molecule has 0 aromatic heterocycles. The van der Waals surface area contributed by atoms with Crippen LogP contribution < -0.4 is 5.32 Å². The standard InChI is InChI=1S/C18H27NS/c1-2-14-3-9-17(10-4-14)20-18-11-5-15(6-12-18)13-19-16-7-8-16/h5-6,11-12,14,16-17,19H,2-4,7-10,13H2,1H3. The predicted octanol–water partition coefficient (Wildman–Crippen LogP) is 5.00. The van der Waals surface area contributed by atoms with E-state index in [-0.39, 0.29) is 0 Å². The fourth-order valence-corrected chi connectivity index (χ4v) is 4.27. The molecule has 2 aliphatic carbocycles. The van der Waals surface area contributed by atoms with Gasteiger partial charge in [-0.3, -0.25) is 0 Å². The molecule has 0 atom stereocenters. The van der Waals surface area contributed by atoms with Crippen molar-refractivity contribution in [3.63, 3.8) is 0 Å². The molecule has 2 aliphatic rings. The number of nitrogens with one attached hydrogen (secondary N) is 1. The summed E-state index contributed by atoms with van der Waals surface area (Å²) in [6, 6.07) is 10.0. The van der Waals surface area contributed by atoms with E-state index in [0.29, 0.717) is 0 Å². The Labute approximate surface area is 127 Å². The lowest BCUT2D eigenvalue weighted by Gasteiger charge is -2.27. The van der Waals surface area contributed by atoms with Gasteiger partial charge < -0.3 is 5.32 Å². The van der Waals surface area contributed by atoms with Gasteiger partial charge in [0.15, 0.2) is 0 Å². The summed E-state index contributed by atoms with van der Waals surface area (Å²) in [6.07, 6.45) is 9.82. The van der Waals surface area contributed by atoms with Crippen LogP contribution in [-0.4, -0.2) is 11.3 Å². The molecule has 20 heavy (non-hydrogen) atoms. The van der Waals surface area contributed by atoms with Gasteiger partial charge in [-0.2, -0.15) is 0 Å². The summed E-state index contributed by atoms with van der Waals surface area (Å²) in [7, 11) is 0. The third kappa shape index (κ3) is 4.26. The van der Waals surface area contributed by atoms with Crippen molar-refractivity contribution in [2.24, 2.45) is 5.92 Å². The highest BCUT2D eigenvalue weighted by molar-refractivity contribution is 8.00. The summed E-state index contributed by atoms with van der Waals surface area (Å²) >= 11 is 2.10. The second-order valence-electron chi connectivity index (χ2n) is 6.47. The van der Waals surface area contributed by atoms with E-state index in [1.54, 1.807) is 0 Å². The van der Waals surface area contributed by atoms with E-state index in [1.807, 2.05) is 0 Å². The monoisotopic (exact) mass is 289 g/mol. The van der Waals surface area contributed by atoms with Gasteiger partial charge in [-0.15, -0.1) is 11.8 Å². The van der Waals surface area contributed by atoms with Crippen LogP contribution >= 0.6 is 11.8 Å². The maximum Gasteiger partial charge on any atom is 0.0208 e. The lowest BCUT2D eigenvalue weighted by atomic mass is 9.87. The van der Waals surface area contributed by atoms with Crippen LogP contribution in [0.2, 0.25) is 0 Å². The normalized spacial score (nSPS) is 26.6. The van der Waals surface area contributed by atoms with Gasteiger partial charge in [-0.25, -0.2) is 0 Å². The summed E-state index contributed by atoms with van der Waals surface area (Å²) < 4.78 is 0. The Morgan fingerprint density at radius 1 is 1.00 bits per heavy atom. The number of benzene rings is 1. The van der Waals surface area contributed by atoms with Crippen LogP contribution in [0.15, 0.2) is 29.2 Å². The van der Waals surface area contributed by atoms with Gasteiger partial charge >= 0.3 is 0 Å². The molecule has 3 rings (SSSR count). The molecule has 0 spiro atoms. The molecule has 0 saturated heterocycles. The largest absolute Gasteiger partial charge is 0.310 e. The third-order valence-corrected chi connectivity index (χ3v) is 6.12. The van der Waals surface area contributed by atoms with E-state index in [9.17, 15) is 0 Å². The Kier molecular flexibility index (Phi) is 5.06. The Morgan fingerprint density at radius 2 is 1.70 bits per heavy atom. The first-order valence-electron chi connectivity index (χ1n) is 8.32. The van der Waals surface area contributed by atoms with Crippen molar-refractivity contribution in [1.82, 2.24) is 5.32 Å². The molecule has 110 valence electrons. The second kappa shape index (κ2) is 7.00. The Hall–Kier alpha value is -0.470. The Morgan fingerprint density at radius 3 is 2.30 bits per heavy atom. The molecule has 0 radical (unpaired) electrons. The third-order valence-electron chi connectivity index (χ3n) is 4.77. The van der Waals surface area contributed by atoms with Crippen LogP contribution in [0, 0.1) is 5.92 Å². The molecule has 0 unspecified atom stereocenters. The molecule has 1 N–H and O–H groups in total. The van der Waals surface area contributed by atoms with Gasteiger partial charge in [-0.05, 0) is 62.1 Å². The van der Waals surface area contributed by atoms with Gasteiger partial charge in [0.25, 0.3) is 0 Å². The lowest BCUT2D eigenvalue weighted by Crippen LogP contribution is -2.16. The highest BCUT2D eigenvalue weighted by Gasteiger charge is 2.21. The van der Waals surface area contributed by atoms with Gasteiger partial charge in [0, 0.05) is 22.7 Å². The summed E-state index contributed by atoms with van der Waals surface area (Å²) in [6.45, 7) is 3.38. The van der Waals surface area contributed by atoms with Crippen molar-refractivity contribution in [1.29, 1.82) is 0 Å². The SMILES string of the molecule is CCC1CCC(Sc2ccc(CNC3CC3)cc2)CC1. The summed E-state index contributed by atoms with van der Waals surface area (Å²) in [4.78, 5) is 1.46. The average molecular weight is 289 g/mol. The highest BCUT2D eigenvalue weighted by Crippen LogP contribution is 2.36. The Balaban J connectivity index is 1.45. The molecule has 1 nitrogen and oxygen atoms in total. The minimum absolute atomic E-state index is 0.804. The number of rotatable bonds is 6. The van der Waals surface area contributed by atoms with Crippen LogP contribution in [-0.2, 0) is 6.54 Å². The molecule has 1 aromatic rings. The van der Waals surface area contributed by atoms with Gasteiger partial charge in [0.2, 0.25) is 0 Å². The topological polar surface area (TPSA) is 12.0 Å². The first kappa shape index (κ1) is 14.5. The predicted molar refractivity (Wildman–Crippen MR) is 88.2 cm³/mol. The van der Waals surface area contributed by atoms with Crippen LogP contribution in [0.5, 0.6) is 0 Å². The number of thioether (sulfide) groups is 1. The van der Waals surface area contributed by atoms with Crippen LogP contribution in [0.3, 0.4) is 0 Å². The fraction of sp³-hybridized carbons (Fsp3) is 0.667. The summed E-state index contributed by atoms with van der Waals surface area (Å²) in [5.41, 5.74) is 1.43. The maximum absolute atomic E-state index is 3.58. The lowest BCUT2D eigenvalue weighted by molar-refractivity contribution is 0.356. The van der Waals surface area contributed by atoms with Crippen molar-refractivity contribution < 1.29 is 0 Å².